The molecule has 31 heavy (non-hydrogen) atoms. The van der Waals surface area contributed by atoms with Crippen molar-refractivity contribution in [3.63, 3.8) is 0 Å². The summed E-state index contributed by atoms with van der Waals surface area (Å²) in [6.07, 6.45) is 3.41. The molecule has 0 spiro atoms. The molecule has 0 radical (unpaired) electrons. The Balaban J connectivity index is 0.00000341. The van der Waals surface area contributed by atoms with Crippen LogP contribution in [0.2, 0.25) is 0 Å². The molecule has 170 valence electrons. The van der Waals surface area contributed by atoms with E-state index in [1.165, 1.54) is 11.1 Å². The smallest absolute Gasteiger partial charge is 0.219 e. The highest BCUT2D eigenvalue weighted by atomic mass is 127. The summed E-state index contributed by atoms with van der Waals surface area (Å²) in [5, 5.41) is 16.1. The highest BCUT2D eigenvalue weighted by Gasteiger charge is 2.34. The van der Waals surface area contributed by atoms with E-state index in [2.05, 4.69) is 34.5 Å². The summed E-state index contributed by atoms with van der Waals surface area (Å²) in [6.45, 7) is 7.03. The van der Waals surface area contributed by atoms with Gasteiger partial charge in [-0.3, -0.25) is 4.99 Å². The number of aliphatic hydroxyl groups is 1. The lowest BCUT2D eigenvalue weighted by Crippen LogP contribution is -2.44. The first-order valence-electron chi connectivity index (χ1n) is 10.4. The highest BCUT2D eigenvalue weighted by Crippen LogP contribution is 2.31. The molecule has 1 aliphatic heterocycles. The fourth-order valence-corrected chi connectivity index (χ4v) is 3.50. The van der Waals surface area contributed by atoms with E-state index in [9.17, 15) is 5.11 Å². The lowest BCUT2D eigenvalue weighted by atomic mass is 9.84. The number of aliphatic imine (C=N–C) groups is 1. The van der Waals surface area contributed by atoms with E-state index in [1.54, 1.807) is 13.2 Å². The van der Waals surface area contributed by atoms with E-state index in [1.807, 2.05) is 30.3 Å². The second-order valence-corrected chi connectivity index (χ2v) is 7.91. The predicted octanol–water partition coefficient (Wildman–Crippen LogP) is 3.56. The van der Waals surface area contributed by atoms with Crippen molar-refractivity contribution in [2.24, 2.45) is 10.4 Å². The van der Waals surface area contributed by atoms with Crippen molar-refractivity contribution in [1.82, 2.24) is 15.6 Å². The number of ether oxygens (including phenoxy) is 2. The van der Waals surface area contributed by atoms with Crippen molar-refractivity contribution in [1.29, 1.82) is 0 Å². The molecule has 1 saturated heterocycles. The molecule has 3 N–H and O–H groups in total. The van der Waals surface area contributed by atoms with Crippen LogP contribution in [-0.4, -0.2) is 49.5 Å². The topological polar surface area (TPSA) is 88.0 Å². The Morgan fingerprint density at radius 1 is 1.23 bits per heavy atom. The minimum atomic E-state index is -0.0315. The number of rotatable bonds is 8. The van der Waals surface area contributed by atoms with Crippen LogP contribution in [-0.2, 0) is 11.3 Å². The molecule has 7 nitrogen and oxygen atoms in total. The number of benzene rings is 1. The van der Waals surface area contributed by atoms with Gasteiger partial charge in [0.25, 0.3) is 0 Å². The summed E-state index contributed by atoms with van der Waals surface area (Å²) in [5.41, 5.74) is 3.43. The molecular formula is C23H33IN4O3. The van der Waals surface area contributed by atoms with E-state index >= 15 is 0 Å². The number of hydrogen-bond acceptors (Lipinski definition) is 5. The maximum atomic E-state index is 9.38. The van der Waals surface area contributed by atoms with Gasteiger partial charge in [-0.15, -0.1) is 24.0 Å². The van der Waals surface area contributed by atoms with Gasteiger partial charge in [0, 0.05) is 51.0 Å². The molecule has 2 aromatic rings. The summed E-state index contributed by atoms with van der Waals surface area (Å²) in [4.78, 5) is 8.63. The Bertz CT molecular complexity index is 870. The molecule has 3 rings (SSSR count). The van der Waals surface area contributed by atoms with E-state index in [4.69, 9.17) is 9.47 Å². The zero-order valence-corrected chi connectivity index (χ0v) is 20.8. The van der Waals surface area contributed by atoms with Gasteiger partial charge in [0.2, 0.25) is 5.88 Å². The molecule has 1 aliphatic rings. The van der Waals surface area contributed by atoms with Crippen molar-refractivity contribution in [3.05, 3.63) is 53.2 Å². The van der Waals surface area contributed by atoms with Crippen LogP contribution in [0, 0.1) is 19.3 Å². The largest absolute Gasteiger partial charge is 0.439 e. The Morgan fingerprint density at radius 3 is 2.74 bits per heavy atom. The molecular weight excluding hydrogens is 507 g/mol. The first-order valence-corrected chi connectivity index (χ1v) is 10.4. The van der Waals surface area contributed by atoms with Crippen LogP contribution >= 0.6 is 24.0 Å². The van der Waals surface area contributed by atoms with Gasteiger partial charge in [-0.05, 0) is 61.6 Å². The molecule has 0 saturated carbocycles. The monoisotopic (exact) mass is 540 g/mol. The maximum Gasteiger partial charge on any atom is 0.219 e. The lowest BCUT2D eigenvalue weighted by Gasteiger charge is -2.27. The zero-order valence-electron chi connectivity index (χ0n) is 18.5. The van der Waals surface area contributed by atoms with E-state index in [0.717, 1.165) is 30.8 Å². The average molecular weight is 540 g/mol. The molecule has 1 aromatic carbocycles. The molecule has 1 aromatic heterocycles. The highest BCUT2D eigenvalue weighted by molar-refractivity contribution is 14.0. The second kappa shape index (κ2) is 12.2. The number of halogens is 1. The third-order valence-corrected chi connectivity index (χ3v) is 5.64. The Hall–Kier alpha value is -1.91. The molecule has 1 atom stereocenters. The molecule has 1 unspecified atom stereocenters. The molecule has 0 bridgehead atoms. The summed E-state index contributed by atoms with van der Waals surface area (Å²) >= 11 is 0. The number of pyridine rings is 1. The van der Waals surface area contributed by atoms with E-state index in [-0.39, 0.29) is 36.0 Å². The molecule has 0 amide bonds. The normalized spacial score (nSPS) is 18.4. The SMILES string of the molecule is CN=C(NCc1ccnc(Oc2ccc(C)c(C)c2)c1)NCC1(CCO)CCOC1.I. The molecule has 0 aliphatic carbocycles. The fourth-order valence-electron chi connectivity index (χ4n) is 3.50. The number of hydrogen-bond donors (Lipinski definition) is 3. The second-order valence-electron chi connectivity index (χ2n) is 7.91. The number of nitrogens with zero attached hydrogens (tertiary/aromatic N) is 2. The van der Waals surface area contributed by atoms with Crippen LogP contribution in [0.4, 0.5) is 0 Å². The molecule has 2 heterocycles. The van der Waals surface area contributed by atoms with Gasteiger partial charge in [0.05, 0.1) is 6.61 Å². The van der Waals surface area contributed by atoms with Gasteiger partial charge in [0.15, 0.2) is 5.96 Å². The van der Waals surface area contributed by atoms with E-state index in [0.29, 0.717) is 31.5 Å². The third-order valence-electron chi connectivity index (χ3n) is 5.64. The van der Waals surface area contributed by atoms with E-state index < -0.39 is 0 Å². The van der Waals surface area contributed by atoms with Crippen LogP contribution < -0.4 is 15.4 Å². The number of aromatic nitrogens is 1. The first kappa shape index (κ1) is 25.4. The average Bonchev–Trinajstić information content (AvgIpc) is 3.20. The first-order chi connectivity index (χ1) is 14.5. The zero-order chi connectivity index (χ0) is 21.4. The van der Waals surface area contributed by atoms with Crippen molar-refractivity contribution < 1.29 is 14.6 Å². The number of aryl methyl sites for hydroxylation is 2. The lowest BCUT2D eigenvalue weighted by molar-refractivity contribution is 0.127. The number of aliphatic hydroxyl groups excluding tert-OH is 1. The van der Waals surface area contributed by atoms with Gasteiger partial charge >= 0.3 is 0 Å². The maximum absolute atomic E-state index is 9.38. The molecule has 1 fully saturated rings. The summed E-state index contributed by atoms with van der Waals surface area (Å²) < 4.78 is 11.5. The predicted molar refractivity (Wildman–Crippen MR) is 133 cm³/mol. The van der Waals surface area contributed by atoms with Crippen molar-refractivity contribution in [2.45, 2.75) is 33.2 Å². The minimum absolute atomic E-state index is 0. The Labute approximate surface area is 201 Å². The summed E-state index contributed by atoms with van der Waals surface area (Å²) in [7, 11) is 1.75. The number of guanidine groups is 1. The van der Waals surface area contributed by atoms with Crippen molar-refractivity contribution >= 4 is 29.9 Å². The van der Waals surface area contributed by atoms with Gasteiger partial charge in [0.1, 0.15) is 5.75 Å². The van der Waals surface area contributed by atoms with Crippen LogP contribution in [0.1, 0.15) is 29.5 Å². The quantitative estimate of drug-likeness (QED) is 0.270. The van der Waals surface area contributed by atoms with Crippen molar-refractivity contribution in [2.75, 3.05) is 33.4 Å². The summed E-state index contributed by atoms with van der Waals surface area (Å²) in [6, 6.07) is 9.89. The van der Waals surface area contributed by atoms with Crippen LogP contribution in [0.25, 0.3) is 0 Å². The minimum Gasteiger partial charge on any atom is -0.439 e. The van der Waals surface area contributed by atoms with Gasteiger partial charge in [-0.25, -0.2) is 4.98 Å². The van der Waals surface area contributed by atoms with Crippen molar-refractivity contribution in [3.8, 4) is 11.6 Å². The van der Waals surface area contributed by atoms with Crippen LogP contribution in [0.3, 0.4) is 0 Å². The standard InChI is InChI=1S/C23H32N4O3.HI/c1-17-4-5-20(12-18(17)2)30-21-13-19(6-9-25-21)14-26-22(24-3)27-15-23(7-10-28)8-11-29-16-23;/h4-6,9,12-13,28H,7-8,10-11,14-16H2,1-3H3,(H2,24,26,27);1H. The summed E-state index contributed by atoms with van der Waals surface area (Å²) in [5.74, 6) is 2.05. The fraction of sp³-hybridized carbons (Fsp3) is 0.478. The van der Waals surface area contributed by atoms with Gasteiger partial charge < -0.3 is 25.2 Å². The Morgan fingerprint density at radius 2 is 2.06 bits per heavy atom. The Kier molecular flexibility index (Phi) is 9.98. The van der Waals surface area contributed by atoms with Gasteiger partial charge in [-0.2, -0.15) is 0 Å². The molecule has 8 heteroatoms. The van der Waals surface area contributed by atoms with Gasteiger partial charge in [-0.1, -0.05) is 6.07 Å². The third kappa shape index (κ3) is 7.33. The number of nitrogens with one attached hydrogen (secondary N) is 2. The van der Waals surface area contributed by atoms with Crippen LogP contribution in [0.5, 0.6) is 11.6 Å². The van der Waals surface area contributed by atoms with Crippen LogP contribution in [0.15, 0.2) is 41.5 Å².